The largest absolute Gasteiger partial charge is 0.478 e. The Morgan fingerprint density at radius 1 is 1.12 bits per heavy atom. The molecule has 0 fully saturated rings. The predicted molar refractivity (Wildman–Crippen MR) is 60.4 cm³/mol. The lowest BCUT2D eigenvalue weighted by molar-refractivity contribution is 0.0697. The molecular formula is C13H11NO2. The van der Waals surface area contributed by atoms with E-state index >= 15 is 0 Å². The van der Waals surface area contributed by atoms with Crippen LogP contribution < -0.4 is 0 Å². The lowest BCUT2D eigenvalue weighted by Gasteiger charge is -2.02. The van der Waals surface area contributed by atoms with Crippen LogP contribution in [0.15, 0.2) is 48.8 Å². The lowest BCUT2D eigenvalue weighted by Crippen LogP contribution is -1.97. The maximum atomic E-state index is 10.8. The van der Waals surface area contributed by atoms with Gasteiger partial charge in [-0.15, -0.1) is 0 Å². The van der Waals surface area contributed by atoms with Crippen molar-refractivity contribution >= 4 is 5.97 Å². The molecule has 3 nitrogen and oxygen atoms in total. The second kappa shape index (κ2) is 4.57. The Kier molecular flexibility index (Phi) is 2.96. The molecule has 0 aliphatic carbocycles. The third-order valence-corrected chi connectivity index (χ3v) is 2.33. The Balaban J connectivity index is 2.22. The van der Waals surface area contributed by atoms with Crippen molar-refractivity contribution in [2.24, 2.45) is 0 Å². The first-order chi connectivity index (χ1) is 7.75. The summed E-state index contributed by atoms with van der Waals surface area (Å²) in [7, 11) is 0. The summed E-state index contributed by atoms with van der Waals surface area (Å²) in [6.07, 6.45) is 4.19. The standard InChI is InChI=1S/C13H11NO2/c15-13(16)12-3-1-2-11(9-12)8-10-4-6-14-7-5-10/h1-7,9H,8H2,(H,15,16). The molecule has 0 amide bonds. The molecule has 0 bridgehead atoms. The van der Waals surface area contributed by atoms with E-state index in [2.05, 4.69) is 4.98 Å². The van der Waals surface area contributed by atoms with Crippen LogP contribution in [-0.4, -0.2) is 16.1 Å². The Bertz CT molecular complexity index is 494. The van der Waals surface area contributed by atoms with Gasteiger partial charge >= 0.3 is 5.97 Å². The third kappa shape index (κ3) is 2.45. The number of aromatic carboxylic acids is 1. The lowest BCUT2D eigenvalue weighted by atomic mass is 10.0. The van der Waals surface area contributed by atoms with Crippen molar-refractivity contribution in [3.05, 3.63) is 65.5 Å². The van der Waals surface area contributed by atoms with Crippen LogP contribution in [0.3, 0.4) is 0 Å². The minimum atomic E-state index is -0.892. The zero-order chi connectivity index (χ0) is 11.4. The molecule has 0 atom stereocenters. The number of pyridine rings is 1. The van der Waals surface area contributed by atoms with Crippen molar-refractivity contribution in [2.45, 2.75) is 6.42 Å². The summed E-state index contributed by atoms with van der Waals surface area (Å²) in [5.41, 5.74) is 2.44. The zero-order valence-electron chi connectivity index (χ0n) is 8.63. The summed E-state index contributed by atoms with van der Waals surface area (Å²) in [6.45, 7) is 0. The van der Waals surface area contributed by atoms with E-state index in [1.807, 2.05) is 18.2 Å². The summed E-state index contributed by atoms with van der Waals surface area (Å²) in [5, 5.41) is 8.87. The summed E-state index contributed by atoms with van der Waals surface area (Å²) in [4.78, 5) is 14.7. The monoisotopic (exact) mass is 213 g/mol. The molecule has 0 saturated carbocycles. The Hall–Kier alpha value is -2.16. The number of rotatable bonds is 3. The van der Waals surface area contributed by atoms with Crippen LogP contribution in [0.2, 0.25) is 0 Å². The zero-order valence-corrected chi connectivity index (χ0v) is 8.63. The van der Waals surface area contributed by atoms with Gasteiger partial charge in [-0.2, -0.15) is 0 Å². The van der Waals surface area contributed by atoms with Gasteiger partial charge in [0.2, 0.25) is 0 Å². The molecule has 0 saturated heterocycles. The van der Waals surface area contributed by atoms with Crippen LogP contribution in [0, 0.1) is 0 Å². The molecule has 0 unspecified atom stereocenters. The number of nitrogens with zero attached hydrogens (tertiary/aromatic N) is 1. The van der Waals surface area contributed by atoms with Crippen molar-refractivity contribution in [3.63, 3.8) is 0 Å². The fourth-order valence-corrected chi connectivity index (χ4v) is 1.55. The summed E-state index contributed by atoms with van der Waals surface area (Å²) < 4.78 is 0. The number of hydrogen-bond donors (Lipinski definition) is 1. The third-order valence-electron chi connectivity index (χ3n) is 2.33. The fourth-order valence-electron chi connectivity index (χ4n) is 1.55. The van der Waals surface area contributed by atoms with Crippen molar-refractivity contribution < 1.29 is 9.90 Å². The molecule has 0 aliphatic rings. The summed E-state index contributed by atoms with van der Waals surface area (Å²) in [5.74, 6) is -0.892. The molecule has 1 N–H and O–H groups in total. The molecule has 1 heterocycles. The Morgan fingerprint density at radius 3 is 2.56 bits per heavy atom. The van der Waals surface area contributed by atoms with Gasteiger partial charge in [-0.25, -0.2) is 4.79 Å². The van der Waals surface area contributed by atoms with E-state index in [-0.39, 0.29) is 0 Å². The van der Waals surface area contributed by atoms with Crippen LogP contribution in [0.25, 0.3) is 0 Å². The van der Waals surface area contributed by atoms with E-state index in [9.17, 15) is 4.79 Å². The maximum Gasteiger partial charge on any atom is 0.335 e. The van der Waals surface area contributed by atoms with Crippen LogP contribution in [0.1, 0.15) is 21.5 Å². The molecule has 0 spiro atoms. The van der Waals surface area contributed by atoms with Gasteiger partial charge in [0, 0.05) is 12.4 Å². The van der Waals surface area contributed by atoms with Crippen LogP contribution in [0.4, 0.5) is 0 Å². The molecule has 80 valence electrons. The summed E-state index contributed by atoms with van der Waals surface area (Å²) in [6, 6.07) is 10.8. The van der Waals surface area contributed by atoms with Gasteiger partial charge in [0.05, 0.1) is 5.56 Å². The quantitative estimate of drug-likeness (QED) is 0.851. The van der Waals surface area contributed by atoms with Gasteiger partial charge < -0.3 is 5.11 Å². The van der Waals surface area contributed by atoms with Gasteiger partial charge in [0.1, 0.15) is 0 Å². The van der Waals surface area contributed by atoms with Gasteiger partial charge in [-0.3, -0.25) is 4.98 Å². The van der Waals surface area contributed by atoms with E-state index < -0.39 is 5.97 Å². The molecule has 1 aromatic carbocycles. The highest BCUT2D eigenvalue weighted by Crippen LogP contribution is 2.10. The van der Waals surface area contributed by atoms with Gasteiger partial charge in [-0.1, -0.05) is 12.1 Å². The summed E-state index contributed by atoms with van der Waals surface area (Å²) >= 11 is 0. The SMILES string of the molecule is O=C(O)c1cccc(Cc2ccncc2)c1. The molecule has 3 heteroatoms. The smallest absolute Gasteiger partial charge is 0.335 e. The van der Waals surface area contributed by atoms with Crippen molar-refractivity contribution in [1.82, 2.24) is 4.98 Å². The normalized spacial score (nSPS) is 10.0. The molecule has 1 aromatic heterocycles. The average molecular weight is 213 g/mol. The molecule has 2 aromatic rings. The molecule has 0 aliphatic heterocycles. The van der Waals surface area contributed by atoms with E-state index in [1.165, 1.54) is 0 Å². The highest BCUT2D eigenvalue weighted by molar-refractivity contribution is 5.87. The highest BCUT2D eigenvalue weighted by atomic mass is 16.4. The minimum Gasteiger partial charge on any atom is -0.478 e. The number of carboxylic acid groups (broad SMARTS) is 1. The van der Waals surface area contributed by atoms with Crippen LogP contribution >= 0.6 is 0 Å². The van der Waals surface area contributed by atoms with Crippen LogP contribution in [-0.2, 0) is 6.42 Å². The molecule has 16 heavy (non-hydrogen) atoms. The fraction of sp³-hybridized carbons (Fsp3) is 0.0769. The number of carboxylic acids is 1. The molecule has 2 rings (SSSR count). The predicted octanol–water partition coefficient (Wildman–Crippen LogP) is 2.37. The second-order valence-electron chi connectivity index (χ2n) is 3.54. The van der Waals surface area contributed by atoms with Gasteiger partial charge in [0.25, 0.3) is 0 Å². The van der Waals surface area contributed by atoms with Crippen molar-refractivity contribution in [1.29, 1.82) is 0 Å². The minimum absolute atomic E-state index is 0.326. The van der Waals surface area contributed by atoms with Crippen LogP contribution in [0.5, 0.6) is 0 Å². The number of benzene rings is 1. The number of hydrogen-bond acceptors (Lipinski definition) is 2. The molecule has 0 radical (unpaired) electrons. The van der Waals surface area contributed by atoms with E-state index in [4.69, 9.17) is 5.11 Å². The van der Waals surface area contributed by atoms with E-state index in [0.29, 0.717) is 5.56 Å². The van der Waals surface area contributed by atoms with Gasteiger partial charge in [0.15, 0.2) is 0 Å². The first-order valence-corrected chi connectivity index (χ1v) is 4.97. The first kappa shape index (κ1) is 10.4. The maximum absolute atomic E-state index is 10.8. The second-order valence-corrected chi connectivity index (χ2v) is 3.54. The highest BCUT2D eigenvalue weighted by Gasteiger charge is 2.03. The van der Waals surface area contributed by atoms with Crippen molar-refractivity contribution in [3.8, 4) is 0 Å². The van der Waals surface area contributed by atoms with Gasteiger partial charge in [-0.05, 0) is 41.8 Å². The average Bonchev–Trinajstić information content (AvgIpc) is 2.30. The van der Waals surface area contributed by atoms with E-state index in [1.54, 1.807) is 30.6 Å². The Labute approximate surface area is 93.4 Å². The first-order valence-electron chi connectivity index (χ1n) is 4.97. The van der Waals surface area contributed by atoms with E-state index in [0.717, 1.165) is 17.5 Å². The number of carbonyl (C=O) groups is 1. The number of aromatic nitrogens is 1. The topological polar surface area (TPSA) is 50.2 Å². The van der Waals surface area contributed by atoms with Crippen molar-refractivity contribution in [2.75, 3.05) is 0 Å². The molecular weight excluding hydrogens is 202 g/mol. The Morgan fingerprint density at radius 2 is 1.88 bits per heavy atom.